The van der Waals surface area contributed by atoms with Crippen LogP contribution in [0.5, 0.6) is 0 Å². The number of aryl methyl sites for hydroxylation is 1. The predicted octanol–water partition coefficient (Wildman–Crippen LogP) is -0.0255. The zero-order chi connectivity index (χ0) is 15.4. The molecule has 3 N–H and O–H groups in total. The number of likely N-dealkylation sites (tertiary alicyclic amines) is 1. The highest BCUT2D eigenvalue weighted by Gasteiger charge is 2.25. The van der Waals surface area contributed by atoms with Gasteiger partial charge in [0.05, 0.1) is 5.69 Å². The van der Waals surface area contributed by atoms with Gasteiger partial charge in [-0.25, -0.2) is 0 Å². The number of nitrogen functional groups attached to an aromatic ring is 1. The van der Waals surface area contributed by atoms with Gasteiger partial charge in [0.25, 0.3) is 5.91 Å². The van der Waals surface area contributed by atoms with Crippen LogP contribution in [-0.2, 0) is 16.6 Å². The molecule has 0 atom stereocenters. The lowest BCUT2D eigenvalue weighted by Gasteiger charge is -2.32. The average Bonchev–Trinajstić information content (AvgIpc) is 2.78. The number of ether oxygens (including phenoxy) is 1. The molecule has 0 radical (unpaired) electrons. The van der Waals surface area contributed by atoms with Gasteiger partial charge >= 0.3 is 0 Å². The van der Waals surface area contributed by atoms with Gasteiger partial charge in [-0.05, 0) is 18.9 Å². The second-order valence-electron chi connectivity index (χ2n) is 5.34. The van der Waals surface area contributed by atoms with Crippen molar-refractivity contribution >= 4 is 17.5 Å². The number of amides is 2. The van der Waals surface area contributed by atoms with Crippen LogP contribution in [0.3, 0.4) is 0 Å². The standard InChI is InChI=1S/C14H22N4O3/c1-17-8-10(15)7-12(17)14(20)18-5-3-11(4-6-18)16-13(19)9-21-2/h7-8,11H,3-6,9,15H2,1-2H3,(H,16,19). The van der Waals surface area contributed by atoms with Gasteiger partial charge in [0.15, 0.2) is 0 Å². The fraction of sp³-hybridized carbons (Fsp3) is 0.571. The zero-order valence-electron chi connectivity index (χ0n) is 12.5. The number of piperidine rings is 1. The summed E-state index contributed by atoms with van der Waals surface area (Å²) in [5, 5.41) is 2.91. The lowest BCUT2D eigenvalue weighted by Crippen LogP contribution is -2.47. The third-order valence-corrected chi connectivity index (χ3v) is 3.67. The molecule has 0 unspecified atom stereocenters. The molecule has 1 aromatic rings. The first-order valence-corrected chi connectivity index (χ1v) is 7.00. The minimum Gasteiger partial charge on any atom is -0.397 e. The SMILES string of the molecule is COCC(=O)NC1CCN(C(=O)c2cc(N)cn2C)CC1. The first-order valence-electron chi connectivity index (χ1n) is 7.00. The number of nitrogens with one attached hydrogen (secondary N) is 1. The van der Waals surface area contributed by atoms with E-state index in [9.17, 15) is 9.59 Å². The van der Waals surface area contributed by atoms with Crippen LogP contribution in [0.15, 0.2) is 12.3 Å². The molecule has 0 aromatic carbocycles. The van der Waals surface area contributed by atoms with Crippen molar-refractivity contribution in [2.45, 2.75) is 18.9 Å². The lowest BCUT2D eigenvalue weighted by molar-refractivity contribution is -0.125. The molecule has 1 aliphatic rings. The summed E-state index contributed by atoms with van der Waals surface area (Å²) in [6, 6.07) is 1.80. The number of anilines is 1. The summed E-state index contributed by atoms with van der Waals surface area (Å²) in [5.41, 5.74) is 6.88. The third-order valence-electron chi connectivity index (χ3n) is 3.67. The van der Waals surface area contributed by atoms with Crippen LogP contribution in [0.25, 0.3) is 0 Å². The van der Waals surface area contributed by atoms with Crippen molar-refractivity contribution in [1.29, 1.82) is 0 Å². The molecule has 2 rings (SSSR count). The minimum absolute atomic E-state index is 0.0177. The highest BCUT2D eigenvalue weighted by Crippen LogP contribution is 2.16. The van der Waals surface area contributed by atoms with Gasteiger partial charge in [-0.2, -0.15) is 0 Å². The number of nitrogens with zero attached hydrogens (tertiary/aromatic N) is 2. The molecule has 2 amide bonds. The highest BCUT2D eigenvalue weighted by atomic mass is 16.5. The van der Waals surface area contributed by atoms with E-state index in [1.165, 1.54) is 7.11 Å². The smallest absolute Gasteiger partial charge is 0.270 e. The Hall–Kier alpha value is -2.02. The van der Waals surface area contributed by atoms with E-state index in [1.54, 1.807) is 28.8 Å². The monoisotopic (exact) mass is 294 g/mol. The van der Waals surface area contributed by atoms with E-state index in [0.29, 0.717) is 24.5 Å². The van der Waals surface area contributed by atoms with E-state index >= 15 is 0 Å². The molecular weight excluding hydrogens is 272 g/mol. The van der Waals surface area contributed by atoms with Crippen molar-refractivity contribution in [1.82, 2.24) is 14.8 Å². The van der Waals surface area contributed by atoms with Crippen molar-refractivity contribution in [3.63, 3.8) is 0 Å². The fourth-order valence-electron chi connectivity index (χ4n) is 2.59. The number of nitrogens with two attached hydrogens (primary N) is 1. The molecule has 0 spiro atoms. The second kappa shape index (κ2) is 6.62. The predicted molar refractivity (Wildman–Crippen MR) is 78.8 cm³/mol. The Morgan fingerprint density at radius 1 is 1.43 bits per heavy atom. The molecule has 7 heteroatoms. The number of carbonyl (C=O) groups excluding carboxylic acids is 2. The summed E-state index contributed by atoms with van der Waals surface area (Å²) in [4.78, 5) is 25.7. The molecule has 116 valence electrons. The average molecular weight is 294 g/mol. The topological polar surface area (TPSA) is 89.6 Å². The van der Waals surface area contributed by atoms with Crippen LogP contribution in [-0.4, -0.2) is 54.1 Å². The van der Waals surface area contributed by atoms with Gasteiger partial charge in [0.1, 0.15) is 12.3 Å². The Morgan fingerprint density at radius 3 is 2.62 bits per heavy atom. The van der Waals surface area contributed by atoms with Crippen LogP contribution < -0.4 is 11.1 Å². The first-order chi connectivity index (χ1) is 10.0. The second-order valence-corrected chi connectivity index (χ2v) is 5.34. The summed E-state index contributed by atoms with van der Waals surface area (Å²) >= 11 is 0. The molecule has 1 aliphatic heterocycles. The Balaban J connectivity index is 1.87. The molecule has 21 heavy (non-hydrogen) atoms. The van der Waals surface area contributed by atoms with Crippen LogP contribution in [0.1, 0.15) is 23.3 Å². The van der Waals surface area contributed by atoms with Crippen LogP contribution in [0, 0.1) is 0 Å². The number of methoxy groups -OCH3 is 1. The van der Waals surface area contributed by atoms with E-state index in [1.807, 2.05) is 0 Å². The van der Waals surface area contributed by atoms with E-state index in [4.69, 9.17) is 10.5 Å². The van der Waals surface area contributed by atoms with Gasteiger partial charge in [-0.15, -0.1) is 0 Å². The number of hydrogen-bond donors (Lipinski definition) is 2. The normalized spacial score (nSPS) is 16.0. The molecule has 7 nitrogen and oxygen atoms in total. The van der Waals surface area contributed by atoms with Crippen LogP contribution >= 0.6 is 0 Å². The van der Waals surface area contributed by atoms with Crippen LogP contribution in [0.2, 0.25) is 0 Å². The van der Waals surface area contributed by atoms with E-state index in [2.05, 4.69) is 5.32 Å². The van der Waals surface area contributed by atoms with Crippen molar-refractivity contribution in [2.24, 2.45) is 7.05 Å². The van der Waals surface area contributed by atoms with Gasteiger partial charge in [0, 0.05) is 39.5 Å². The van der Waals surface area contributed by atoms with Gasteiger partial charge < -0.3 is 25.3 Å². The Bertz CT molecular complexity index is 518. The molecule has 0 saturated carbocycles. The first kappa shape index (κ1) is 15.4. The third kappa shape index (κ3) is 3.75. The number of hydrogen-bond acceptors (Lipinski definition) is 4. The Labute approximate surface area is 124 Å². The summed E-state index contributed by atoms with van der Waals surface area (Å²) in [5.74, 6) is -0.131. The largest absolute Gasteiger partial charge is 0.397 e. The van der Waals surface area contributed by atoms with Crippen molar-refractivity contribution in [2.75, 3.05) is 32.5 Å². The summed E-state index contributed by atoms with van der Waals surface area (Å²) in [7, 11) is 3.30. The molecule has 0 bridgehead atoms. The lowest BCUT2D eigenvalue weighted by atomic mass is 10.0. The summed E-state index contributed by atoms with van der Waals surface area (Å²) in [6.07, 6.45) is 3.23. The van der Waals surface area contributed by atoms with E-state index in [0.717, 1.165) is 12.8 Å². The molecular formula is C14H22N4O3. The van der Waals surface area contributed by atoms with Gasteiger partial charge in [-0.1, -0.05) is 0 Å². The summed E-state index contributed by atoms with van der Waals surface area (Å²) < 4.78 is 6.53. The Kier molecular flexibility index (Phi) is 4.85. The fourth-order valence-corrected chi connectivity index (χ4v) is 2.59. The molecule has 1 aromatic heterocycles. The molecule has 1 fully saturated rings. The maximum Gasteiger partial charge on any atom is 0.270 e. The van der Waals surface area contributed by atoms with Crippen LogP contribution in [0.4, 0.5) is 5.69 Å². The zero-order valence-corrected chi connectivity index (χ0v) is 12.5. The molecule has 2 heterocycles. The Morgan fingerprint density at radius 2 is 2.10 bits per heavy atom. The number of aromatic nitrogens is 1. The maximum absolute atomic E-state index is 12.4. The van der Waals surface area contributed by atoms with Crippen molar-refractivity contribution in [3.8, 4) is 0 Å². The highest BCUT2D eigenvalue weighted by molar-refractivity contribution is 5.93. The van der Waals surface area contributed by atoms with E-state index in [-0.39, 0.29) is 24.5 Å². The van der Waals surface area contributed by atoms with Crippen molar-refractivity contribution < 1.29 is 14.3 Å². The summed E-state index contributed by atoms with van der Waals surface area (Å²) in [6.45, 7) is 1.32. The molecule has 0 aliphatic carbocycles. The number of carbonyl (C=O) groups is 2. The van der Waals surface area contributed by atoms with E-state index < -0.39 is 0 Å². The maximum atomic E-state index is 12.4. The van der Waals surface area contributed by atoms with Crippen molar-refractivity contribution in [3.05, 3.63) is 18.0 Å². The number of rotatable bonds is 4. The molecule has 1 saturated heterocycles. The van der Waals surface area contributed by atoms with Gasteiger partial charge in [-0.3, -0.25) is 9.59 Å². The van der Waals surface area contributed by atoms with Gasteiger partial charge in [0.2, 0.25) is 5.91 Å². The minimum atomic E-state index is -0.113. The quantitative estimate of drug-likeness (QED) is 0.816.